The van der Waals surface area contributed by atoms with Gasteiger partial charge in [0.2, 0.25) is 0 Å². The Morgan fingerprint density at radius 2 is 1.74 bits per heavy atom. The molecule has 0 radical (unpaired) electrons. The van der Waals surface area contributed by atoms with Crippen molar-refractivity contribution in [1.29, 1.82) is 0 Å². The first-order valence-electron chi connectivity index (χ1n) is 8.27. The third-order valence-corrected chi connectivity index (χ3v) is 4.01. The second-order valence-corrected chi connectivity index (χ2v) is 6.19. The Balaban J connectivity index is 1.98. The molecule has 0 N–H and O–H groups in total. The van der Waals surface area contributed by atoms with Gasteiger partial charge in [-0.3, -0.25) is 14.9 Å². The molecule has 0 spiro atoms. The van der Waals surface area contributed by atoms with E-state index in [9.17, 15) is 14.9 Å². The fraction of sp³-hybridized carbons (Fsp3) is 0.316. The van der Waals surface area contributed by atoms with Gasteiger partial charge in [0.15, 0.2) is 18.1 Å². The van der Waals surface area contributed by atoms with E-state index in [0.717, 1.165) is 11.3 Å². The first-order valence-corrected chi connectivity index (χ1v) is 8.27. The molecule has 0 unspecified atom stereocenters. The Kier molecular flexibility index (Phi) is 6.59. The van der Waals surface area contributed by atoms with Crippen molar-refractivity contribution in [3.8, 4) is 11.5 Å². The quantitative estimate of drug-likeness (QED) is 0.522. The lowest BCUT2D eigenvalue weighted by atomic mass is 10.2. The molecular weight excluding hydrogens is 350 g/mol. The minimum Gasteiger partial charge on any atom is -0.493 e. The molecule has 144 valence electrons. The van der Waals surface area contributed by atoms with E-state index < -0.39 is 4.92 Å². The van der Waals surface area contributed by atoms with Crippen LogP contribution in [-0.2, 0) is 11.3 Å². The summed E-state index contributed by atoms with van der Waals surface area (Å²) in [5, 5.41) is 10.9. The molecule has 0 saturated carbocycles. The van der Waals surface area contributed by atoms with Gasteiger partial charge >= 0.3 is 0 Å². The average molecular weight is 373 g/mol. The third kappa shape index (κ3) is 5.34. The SMILES string of the molecule is COc1ccc([N+](=O)[O-])cc1OCC(=O)N(C)Cc1ccc(N(C)C)cc1. The molecule has 0 bridgehead atoms. The smallest absolute Gasteiger partial charge is 0.273 e. The minimum atomic E-state index is -0.530. The van der Waals surface area contributed by atoms with Crippen molar-refractivity contribution in [3.05, 3.63) is 58.1 Å². The Labute approximate surface area is 158 Å². The van der Waals surface area contributed by atoms with Crippen LogP contribution in [0, 0.1) is 10.1 Å². The van der Waals surface area contributed by atoms with E-state index in [0.29, 0.717) is 12.3 Å². The Morgan fingerprint density at radius 1 is 1.07 bits per heavy atom. The molecule has 2 aromatic carbocycles. The molecule has 0 heterocycles. The highest BCUT2D eigenvalue weighted by Gasteiger charge is 2.16. The molecule has 2 rings (SSSR count). The maximum absolute atomic E-state index is 12.3. The zero-order chi connectivity index (χ0) is 20.0. The van der Waals surface area contributed by atoms with E-state index in [1.54, 1.807) is 7.05 Å². The number of carbonyl (C=O) groups is 1. The highest BCUT2D eigenvalue weighted by atomic mass is 16.6. The van der Waals surface area contributed by atoms with Crippen LogP contribution in [0.15, 0.2) is 42.5 Å². The highest BCUT2D eigenvalue weighted by molar-refractivity contribution is 5.77. The summed E-state index contributed by atoms with van der Waals surface area (Å²) in [5.41, 5.74) is 1.94. The van der Waals surface area contributed by atoms with E-state index in [2.05, 4.69) is 0 Å². The van der Waals surface area contributed by atoms with Crippen LogP contribution in [0.2, 0.25) is 0 Å². The summed E-state index contributed by atoms with van der Waals surface area (Å²) >= 11 is 0. The van der Waals surface area contributed by atoms with Gasteiger partial charge in [-0.05, 0) is 23.8 Å². The lowest BCUT2D eigenvalue weighted by molar-refractivity contribution is -0.385. The molecule has 0 aliphatic heterocycles. The second-order valence-electron chi connectivity index (χ2n) is 6.19. The van der Waals surface area contributed by atoms with Gasteiger partial charge in [0.05, 0.1) is 18.1 Å². The van der Waals surface area contributed by atoms with E-state index in [1.165, 1.54) is 30.2 Å². The summed E-state index contributed by atoms with van der Waals surface area (Å²) in [7, 11) is 7.03. The molecule has 0 aliphatic rings. The summed E-state index contributed by atoms with van der Waals surface area (Å²) in [6.07, 6.45) is 0. The normalized spacial score (nSPS) is 10.2. The number of amides is 1. The summed E-state index contributed by atoms with van der Waals surface area (Å²) in [6.45, 7) is 0.186. The lowest BCUT2D eigenvalue weighted by Crippen LogP contribution is -2.31. The van der Waals surface area contributed by atoms with Crippen molar-refractivity contribution in [1.82, 2.24) is 4.90 Å². The Hall–Kier alpha value is -3.29. The van der Waals surface area contributed by atoms with Gasteiger partial charge in [0.25, 0.3) is 11.6 Å². The first-order chi connectivity index (χ1) is 12.8. The maximum atomic E-state index is 12.3. The fourth-order valence-corrected chi connectivity index (χ4v) is 2.40. The molecule has 0 atom stereocenters. The second kappa shape index (κ2) is 8.88. The molecule has 0 aliphatic carbocycles. The minimum absolute atomic E-state index is 0.132. The number of nitrogens with zero attached hydrogens (tertiary/aromatic N) is 3. The summed E-state index contributed by atoms with van der Waals surface area (Å²) in [5.74, 6) is 0.236. The molecule has 8 heteroatoms. The number of rotatable bonds is 8. The fourth-order valence-electron chi connectivity index (χ4n) is 2.40. The zero-order valence-corrected chi connectivity index (χ0v) is 15.8. The number of hydrogen-bond donors (Lipinski definition) is 0. The van der Waals surface area contributed by atoms with Gasteiger partial charge in [-0.25, -0.2) is 0 Å². The van der Waals surface area contributed by atoms with Crippen molar-refractivity contribution in [2.75, 3.05) is 39.8 Å². The number of hydrogen-bond acceptors (Lipinski definition) is 6. The van der Waals surface area contributed by atoms with Gasteiger partial charge < -0.3 is 19.3 Å². The number of nitro groups is 1. The summed E-state index contributed by atoms with van der Waals surface area (Å²) in [6, 6.07) is 11.9. The van der Waals surface area contributed by atoms with E-state index in [-0.39, 0.29) is 24.0 Å². The lowest BCUT2D eigenvalue weighted by Gasteiger charge is -2.19. The number of benzene rings is 2. The summed E-state index contributed by atoms with van der Waals surface area (Å²) < 4.78 is 10.6. The Morgan fingerprint density at radius 3 is 2.30 bits per heavy atom. The number of non-ortho nitro benzene ring substituents is 1. The van der Waals surface area contributed by atoms with Crippen LogP contribution < -0.4 is 14.4 Å². The molecule has 2 aromatic rings. The number of methoxy groups -OCH3 is 1. The number of ether oxygens (including phenoxy) is 2. The zero-order valence-electron chi connectivity index (χ0n) is 15.8. The molecule has 0 fully saturated rings. The van der Waals surface area contributed by atoms with Crippen LogP contribution in [0.3, 0.4) is 0 Å². The van der Waals surface area contributed by atoms with Crippen LogP contribution in [-0.4, -0.2) is 50.6 Å². The van der Waals surface area contributed by atoms with E-state index >= 15 is 0 Å². The predicted molar refractivity (Wildman–Crippen MR) is 102 cm³/mol. The van der Waals surface area contributed by atoms with Crippen LogP contribution in [0.5, 0.6) is 11.5 Å². The van der Waals surface area contributed by atoms with Crippen LogP contribution in [0.4, 0.5) is 11.4 Å². The van der Waals surface area contributed by atoms with Crippen molar-refractivity contribution in [3.63, 3.8) is 0 Å². The van der Waals surface area contributed by atoms with Crippen LogP contribution >= 0.6 is 0 Å². The molecule has 0 saturated heterocycles. The van der Waals surface area contributed by atoms with Gasteiger partial charge in [0.1, 0.15) is 0 Å². The van der Waals surface area contributed by atoms with E-state index in [1.807, 2.05) is 43.3 Å². The van der Waals surface area contributed by atoms with Crippen molar-refractivity contribution < 1.29 is 19.2 Å². The number of nitro benzene ring substituents is 1. The van der Waals surface area contributed by atoms with Gasteiger partial charge in [0, 0.05) is 39.4 Å². The van der Waals surface area contributed by atoms with Gasteiger partial charge in [-0.1, -0.05) is 12.1 Å². The van der Waals surface area contributed by atoms with E-state index in [4.69, 9.17) is 9.47 Å². The molecular formula is C19H23N3O5. The first kappa shape index (κ1) is 20.0. The maximum Gasteiger partial charge on any atom is 0.273 e. The van der Waals surface area contributed by atoms with Crippen molar-refractivity contribution in [2.24, 2.45) is 0 Å². The summed E-state index contributed by atoms with van der Waals surface area (Å²) in [4.78, 5) is 26.2. The molecule has 1 amide bonds. The van der Waals surface area contributed by atoms with Crippen LogP contribution in [0.1, 0.15) is 5.56 Å². The molecule has 8 nitrogen and oxygen atoms in total. The van der Waals surface area contributed by atoms with Gasteiger partial charge in [-0.15, -0.1) is 0 Å². The van der Waals surface area contributed by atoms with Crippen molar-refractivity contribution >= 4 is 17.3 Å². The van der Waals surface area contributed by atoms with Crippen molar-refractivity contribution in [2.45, 2.75) is 6.54 Å². The molecule has 27 heavy (non-hydrogen) atoms. The number of likely N-dealkylation sites (N-methyl/N-ethyl adjacent to an activating group) is 1. The molecule has 0 aromatic heterocycles. The largest absolute Gasteiger partial charge is 0.493 e. The monoisotopic (exact) mass is 373 g/mol. The number of anilines is 1. The standard InChI is InChI=1S/C19H23N3O5/c1-20(2)15-7-5-14(6-8-15)12-21(3)19(23)13-27-18-11-16(22(24)25)9-10-17(18)26-4/h5-11H,12-13H2,1-4H3. The van der Waals surface area contributed by atoms with Gasteiger partial charge in [-0.2, -0.15) is 0 Å². The predicted octanol–water partition coefficient (Wildman–Crippen LogP) is 2.71. The number of carbonyl (C=O) groups excluding carboxylic acids is 1. The highest BCUT2D eigenvalue weighted by Crippen LogP contribution is 2.31. The Bertz CT molecular complexity index is 805. The average Bonchev–Trinajstić information content (AvgIpc) is 2.66. The third-order valence-electron chi connectivity index (χ3n) is 4.01. The van der Waals surface area contributed by atoms with Crippen LogP contribution in [0.25, 0.3) is 0 Å². The topological polar surface area (TPSA) is 85.2 Å².